The van der Waals surface area contributed by atoms with Gasteiger partial charge in [-0.25, -0.2) is 4.39 Å². The summed E-state index contributed by atoms with van der Waals surface area (Å²) in [4.78, 5) is 26.3. The summed E-state index contributed by atoms with van der Waals surface area (Å²) in [7, 11) is 0. The summed E-state index contributed by atoms with van der Waals surface area (Å²) in [5, 5.41) is 2.60. The van der Waals surface area contributed by atoms with Crippen LogP contribution in [0.5, 0.6) is 5.75 Å². The number of aromatic nitrogens is 1. The number of H-pyrrole nitrogens is 1. The van der Waals surface area contributed by atoms with E-state index in [0.29, 0.717) is 11.3 Å². The first-order valence-corrected chi connectivity index (χ1v) is 7.30. The van der Waals surface area contributed by atoms with Crippen molar-refractivity contribution in [2.45, 2.75) is 33.4 Å². The fraction of sp³-hybridized carbons (Fsp3) is 0.294. The second-order valence-electron chi connectivity index (χ2n) is 5.50. The van der Waals surface area contributed by atoms with E-state index >= 15 is 0 Å². The Morgan fingerprint density at radius 2 is 2.04 bits per heavy atom. The summed E-state index contributed by atoms with van der Waals surface area (Å²) in [5.74, 6) is -0.821. The van der Waals surface area contributed by atoms with Gasteiger partial charge in [-0.3, -0.25) is 9.59 Å². The van der Waals surface area contributed by atoms with Crippen LogP contribution in [0.3, 0.4) is 0 Å². The predicted octanol–water partition coefficient (Wildman–Crippen LogP) is 2.54. The summed E-state index contributed by atoms with van der Waals surface area (Å²) in [6.45, 7) is 5.47. The van der Waals surface area contributed by atoms with Gasteiger partial charge in [0.25, 0.3) is 11.5 Å². The van der Waals surface area contributed by atoms with Crippen LogP contribution in [0, 0.1) is 12.7 Å². The number of pyridine rings is 1. The van der Waals surface area contributed by atoms with E-state index in [4.69, 9.17) is 4.74 Å². The van der Waals surface area contributed by atoms with Crippen LogP contribution in [0.25, 0.3) is 0 Å². The zero-order chi connectivity index (χ0) is 17.0. The number of amides is 1. The molecule has 1 aromatic carbocycles. The number of rotatable bonds is 5. The number of carbonyl (C=O) groups excluding carboxylic acids is 1. The van der Waals surface area contributed by atoms with Crippen LogP contribution in [0.15, 0.2) is 35.1 Å². The molecule has 0 radical (unpaired) electrons. The first-order valence-electron chi connectivity index (χ1n) is 7.30. The highest BCUT2D eigenvalue weighted by Gasteiger charge is 2.11. The van der Waals surface area contributed by atoms with Crippen LogP contribution in [-0.2, 0) is 6.54 Å². The zero-order valence-corrected chi connectivity index (χ0v) is 13.3. The van der Waals surface area contributed by atoms with Crippen LogP contribution in [-0.4, -0.2) is 17.0 Å². The summed E-state index contributed by atoms with van der Waals surface area (Å²) in [5.41, 5.74) is 0.829. The Labute approximate surface area is 133 Å². The highest BCUT2D eigenvalue weighted by Crippen LogP contribution is 2.19. The number of hydrogen-bond acceptors (Lipinski definition) is 3. The standard InChI is InChI=1S/C17H19FN2O3/c1-10(2)23-15-7-5-12(8-14(15)18)9-19-16(21)13-6-4-11(3)20-17(13)22/h4-8,10H,9H2,1-3H3,(H,19,21)(H,20,22). The van der Waals surface area contributed by atoms with E-state index < -0.39 is 17.3 Å². The molecule has 1 aromatic heterocycles. The molecule has 0 saturated carbocycles. The summed E-state index contributed by atoms with van der Waals surface area (Å²) in [6, 6.07) is 7.60. The van der Waals surface area contributed by atoms with Crippen LogP contribution in [0.4, 0.5) is 4.39 Å². The van der Waals surface area contributed by atoms with Gasteiger partial charge in [-0.15, -0.1) is 0 Å². The fourth-order valence-electron chi connectivity index (χ4n) is 2.03. The maximum atomic E-state index is 13.9. The van der Waals surface area contributed by atoms with Gasteiger partial charge >= 0.3 is 0 Å². The van der Waals surface area contributed by atoms with Crippen molar-refractivity contribution >= 4 is 5.91 Å². The molecule has 2 aromatic rings. The van der Waals surface area contributed by atoms with E-state index in [1.165, 1.54) is 18.2 Å². The van der Waals surface area contributed by atoms with Crippen LogP contribution in [0.2, 0.25) is 0 Å². The van der Waals surface area contributed by atoms with E-state index in [1.807, 2.05) is 13.8 Å². The van der Waals surface area contributed by atoms with Gasteiger partial charge in [-0.2, -0.15) is 0 Å². The molecule has 5 nitrogen and oxygen atoms in total. The minimum absolute atomic E-state index is 0.0239. The number of aryl methyl sites for hydroxylation is 1. The Hall–Kier alpha value is -2.63. The summed E-state index contributed by atoms with van der Waals surface area (Å²) >= 11 is 0. The number of hydrogen-bond donors (Lipinski definition) is 2. The molecular formula is C17H19FN2O3. The maximum Gasteiger partial charge on any atom is 0.260 e. The highest BCUT2D eigenvalue weighted by atomic mass is 19.1. The first kappa shape index (κ1) is 16.7. The number of halogens is 1. The zero-order valence-electron chi connectivity index (χ0n) is 13.3. The third kappa shape index (κ3) is 4.42. The van der Waals surface area contributed by atoms with Crippen molar-refractivity contribution in [3.63, 3.8) is 0 Å². The van der Waals surface area contributed by atoms with E-state index in [9.17, 15) is 14.0 Å². The molecule has 122 valence electrons. The lowest BCUT2D eigenvalue weighted by Crippen LogP contribution is -2.29. The number of ether oxygens (including phenoxy) is 1. The molecule has 1 heterocycles. The van der Waals surface area contributed by atoms with Gasteiger partial charge in [-0.05, 0) is 50.6 Å². The topological polar surface area (TPSA) is 71.2 Å². The number of carbonyl (C=O) groups is 1. The van der Waals surface area contributed by atoms with Gasteiger partial charge < -0.3 is 15.0 Å². The third-order valence-electron chi connectivity index (χ3n) is 3.11. The Morgan fingerprint density at radius 3 is 2.65 bits per heavy atom. The molecule has 0 saturated heterocycles. The predicted molar refractivity (Wildman–Crippen MR) is 85.1 cm³/mol. The molecular weight excluding hydrogens is 299 g/mol. The van der Waals surface area contributed by atoms with Gasteiger partial charge in [0.1, 0.15) is 5.56 Å². The Morgan fingerprint density at radius 1 is 1.30 bits per heavy atom. The van der Waals surface area contributed by atoms with Crippen LogP contribution in [0.1, 0.15) is 35.5 Å². The minimum Gasteiger partial charge on any atom is -0.488 e. The molecule has 0 unspecified atom stereocenters. The molecule has 0 aliphatic heterocycles. The molecule has 2 rings (SSSR count). The SMILES string of the molecule is Cc1ccc(C(=O)NCc2ccc(OC(C)C)c(F)c2)c(=O)[nH]1. The summed E-state index contributed by atoms with van der Waals surface area (Å²) < 4.78 is 19.2. The highest BCUT2D eigenvalue weighted by molar-refractivity contribution is 5.93. The van der Waals surface area contributed by atoms with Crippen molar-refractivity contribution in [1.82, 2.24) is 10.3 Å². The second kappa shape index (κ2) is 7.09. The Balaban J connectivity index is 2.04. The molecule has 0 aliphatic rings. The van der Waals surface area contributed by atoms with Crippen molar-refractivity contribution in [2.24, 2.45) is 0 Å². The fourth-order valence-corrected chi connectivity index (χ4v) is 2.03. The van der Waals surface area contributed by atoms with E-state index in [-0.39, 0.29) is 24.0 Å². The smallest absolute Gasteiger partial charge is 0.260 e. The molecule has 0 aliphatic carbocycles. The van der Waals surface area contributed by atoms with E-state index in [0.717, 1.165) is 0 Å². The molecule has 23 heavy (non-hydrogen) atoms. The lowest BCUT2D eigenvalue weighted by Gasteiger charge is -2.11. The van der Waals surface area contributed by atoms with Gasteiger partial charge in [0.2, 0.25) is 0 Å². The molecule has 0 fully saturated rings. The Kier molecular flexibility index (Phi) is 5.16. The molecule has 2 N–H and O–H groups in total. The van der Waals surface area contributed by atoms with Crippen molar-refractivity contribution < 1.29 is 13.9 Å². The average Bonchev–Trinajstić information content (AvgIpc) is 2.47. The summed E-state index contributed by atoms with van der Waals surface area (Å²) in [6.07, 6.45) is -0.122. The molecule has 1 amide bonds. The molecule has 6 heteroatoms. The largest absolute Gasteiger partial charge is 0.488 e. The first-order chi connectivity index (χ1) is 10.9. The van der Waals surface area contributed by atoms with Crippen molar-refractivity contribution in [2.75, 3.05) is 0 Å². The number of aromatic amines is 1. The quantitative estimate of drug-likeness (QED) is 0.890. The van der Waals surface area contributed by atoms with Crippen molar-refractivity contribution in [3.8, 4) is 5.75 Å². The maximum absolute atomic E-state index is 13.9. The average molecular weight is 318 g/mol. The van der Waals surface area contributed by atoms with Gasteiger partial charge in [-0.1, -0.05) is 6.07 Å². The van der Waals surface area contributed by atoms with Gasteiger partial charge in [0, 0.05) is 12.2 Å². The normalized spacial score (nSPS) is 10.7. The molecule has 0 atom stereocenters. The molecule has 0 spiro atoms. The third-order valence-corrected chi connectivity index (χ3v) is 3.11. The molecule has 0 bridgehead atoms. The lowest BCUT2D eigenvalue weighted by molar-refractivity contribution is 0.0949. The van der Waals surface area contributed by atoms with Crippen molar-refractivity contribution in [3.05, 3.63) is 63.3 Å². The van der Waals surface area contributed by atoms with E-state index in [1.54, 1.807) is 19.1 Å². The van der Waals surface area contributed by atoms with E-state index in [2.05, 4.69) is 10.3 Å². The van der Waals surface area contributed by atoms with Crippen molar-refractivity contribution in [1.29, 1.82) is 0 Å². The lowest BCUT2D eigenvalue weighted by atomic mass is 10.2. The second-order valence-corrected chi connectivity index (χ2v) is 5.50. The number of benzene rings is 1. The monoisotopic (exact) mass is 318 g/mol. The number of nitrogens with one attached hydrogen (secondary N) is 2. The Bertz CT molecular complexity index is 769. The van der Waals surface area contributed by atoms with Crippen LogP contribution < -0.4 is 15.6 Å². The van der Waals surface area contributed by atoms with Crippen LogP contribution >= 0.6 is 0 Å². The minimum atomic E-state index is -0.505. The van der Waals surface area contributed by atoms with Gasteiger partial charge in [0.15, 0.2) is 11.6 Å². The van der Waals surface area contributed by atoms with Gasteiger partial charge in [0.05, 0.1) is 6.10 Å².